The third-order valence-corrected chi connectivity index (χ3v) is 2.62. The van der Waals surface area contributed by atoms with Crippen molar-refractivity contribution in [3.63, 3.8) is 0 Å². The zero-order valence-electron chi connectivity index (χ0n) is 8.31. The van der Waals surface area contributed by atoms with Crippen molar-refractivity contribution in [1.29, 1.82) is 0 Å². The SMILES string of the molecule is O=C(O)C(CS(=O)(=O)O)NCCOS(=O)(=O)O. The van der Waals surface area contributed by atoms with Crippen molar-refractivity contribution in [2.24, 2.45) is 0 Å². The molecule has 0 aliphatic rings. The highest BCUT2D eigenvalue weighted by Gasteiger charge is 2.23. The lowest BCUT2D eigenvalue weighted by molar-refractivity contribution is -0.138. The highest BCUT2D eigenvalue weighted by atomic mass is 32.3. The maximum atomic E-state index is 10.5. The summed E-state index contributed by atoms with van der Waals surface area (Å²) in [6, 6.07) is -1.62. The fourth-order valence-corrected chi connectivity index (χ4v) is 1.78. The van der Waals surface area contributed by atoms with Crippen LogP contribution >= 0.6 is 0 Å². The number of carboxylic acids is 1. The Kier molecular flexibility index (Phi) is 5.94. The lowest BCUT2D eigenvalue weighted by Gasteiger charge is -2.11. The molecule has 0 aromatic heterocycles. The van der Waals surface area contributed by atoms with Gasteiger partial charge in [-0.25, -0.2) is 4.18 Å². The van der Waals surface area contributed by atoms with E-state index in [9.17, 15) is 21.6 Å². The molecule has 0 radical (unpaired) electrons. The summed E-state index contributed by atoms with van der Waals surface area (Å²) < 4.78 is 61.5. The first-order valence-electron chi connectivity index (χ1n) is 4.04. The minimum Gasteiger partial charge on any atom is -0.480 e. The molecule has 0 saturated heterocycles. The van der Waals surface area contributed by atoms with Crippen molar-refractivity contribution >= 4 is 26.5 Å². The minimum absolute atomic E-state index is 0.355. The number of nitrogens with one attached hydrogen (secondary N) is 1. The standard InChI is InChI=1S/C5H11NO9S2/c7-5(8)4(3-16(9,10)11)6-1-2-15-17(12,13)14/h4,6H,1-3H2,(H,7,8)(H,9,10,11)(H,12,13,14). The van der Waals surface area contributed by atoms with Gasteiger partial charge in [0, 0.05) is 6.54 Å². The predicted molar refractivity (Wildman–Crippen MR) is 53.3 cm³/mol. The Hall–Kier alpha value is -0.790. The van der Waals surface area contributed by atoms with Crippen molar-refractivity contribution in [2.45, 2.75) is 6.04 Å². The number of hydrogen-bond donors (Lipinski definition) is 4. The van der Waals surface area contributed by atoms with Crippen molar-refractivity contribution in [1.82, 2.24) is 5.32 Å². The number of rotatable bonds is 8. The van der Waals surface area contributed by atoms with Crippen LogP contribution in [0.3, 0.4) is 0 Å². The largest absolute Gasteiger partial charge is 0.480 e. The van der Waals surface area contributed by atoms with E-state index in [-0.39, 0.29) is 6.54 Å². The molecule has 0 aromatic carbocycles. The maximum absolute atomic E-state index is 10.5. The lowest BCUT2D eigenvalue weighted by atomic mass is 10.3. The van der Waals surface area contributed by atoms with E-state index in [1.807, 2.05) is 0 Å². The molecule has 0 bridgehead atoms. The molecule has 10 nitrogen and oxygen atoms in total. The van der Waals surface area contributed by atoms with Crippen LogP contribution in [-0.4, -0.2) is 62.0 Å². The molecule has 1 atom stereocenters. The molecule has 0 spiro atoms. The molecule has 1 unspecified atom stereocenters. The average molecular weight is 293 g/mol. The number of carboxylic acid groups (broad SMARTS) is 1. The second-order valence-electron chi connectivity index (χ2n) is 2.84. The summed E-state index contributed by atoms with van der Waals surface area (Å²) in [6.07, 6.45) is 0. The molecule has 0 aliphatic carbocycles. The summed E-state index contributed by atoms with van der Waals surface area (Å²) in [5.41, 5.74) is 0. The molecule has 0 aromatic rings. The Balaban J connectivity index is 4.17. The minimum atomic E-state index is -4.63. The van der Waals surface area contributed by atoms with Crippen LogP contribution in [0, 0.1) is 0 Å². The Morgan fingerprint density at radius 2 is 1.76 bits per heavy atom. The fourth-order valence-electron chi connectivity index (χ4n) is 0.808. The van der Waals surface area contributed by atoms with Crippen LogP contribution in [0.15, 0.2) is 0 Å². The van der Waals surface area contributed by atoms with E-state index < -0.39 is 44.9 Å². The molecular formula is C5H11NO9S2. The Morgan fingerprint density at radius 1 is 1.24 bits per heavy atom. The molecule has 0 aliphatic heterocycles. The van der Waals surface area contributed by atoms with Crippen LogP contribution in [0.4, 0.5) is 0 Å². The second kappa shape index (κ2) is 6.23. The van der Waals surface area contributed by atoms with Gasteiger partial charge in [-0.05, 0) is 0 Å². The number of carbonyl (C=O) groups is 1. The molecule has 4 N–H and O–H groups in total. The molecule has 0 amide bonds. The predicted octanol–water partition coefficient (Wildman–Crippen LogP) is -2.26. The van der Waals surface area contributed by atoms with Gasteiger partial charge in [-0.15, -0.1) is 0 Å². The van der Waals surface area contributed by atoms with Gasteiger partial charge in [0.25, 0.3) is 10.1 Å². The third kappa shape index (κ3) is 10.1. The lowest BCUT2D eigenvalue weighted by Crippen LogP contribution is -2.43. The first-order chi connectivity index (χ1) is 7.51. The molecule has 0 heterocycles. The van der Waals surface area contributed by atoms with Crippen LogP contribution < -0.4 is 5.32 Å². The van der Waals surface area contributed by atoms with Gasteiger partial charge < -0.3 is 10.4 Å². The maximum Gasteiger partial charge on any atom is 0.397 e. The van der Waals surface area contributed by atoms with E-state index in [1.54, 1.807) is 0 Å². The van der Waals surface area contributed by atoms with E-state index in [4.69, 9.17) is 14.2 Å². The van der Waals surface area contributed by atoms with E-state index >= 15 is 0 Å². The molecule has 0 rings (SSSR count). The van der Waals surface area contributed by atoms with Gasteiger partial charge in [-0.1, -0.05) is 0 Å². The van der Waals surface area contributed by atoms with Crippen LogP contribution in [0.2, 0.25) is 0 Å². The van der Waals surface area contributed by atoms with E-state index in [0.29, 0.717) is 0 Å². The van der Waals surface area contributed by atoms with E-state index in [2.05, 4.69) is 9.50 Å². The number of hydrogen-bond acceptors (Lipinski definition) is 7. The molecule has 102 valence electrons. The summed E-state index contributed by atoms with van der Waals surface area (Å²) in [5.74, 6) is -2.62. The zero-order valence-corrected chi connectivity index (χ0v) is 9.94. The molecular weight excluding hydrogens is 282 g/mol. The van der Waals surface area contributed by atoms with Crippen LogP contribution in [0.5, 0.6) is 0 Å². The Labute approximate surface area is 97.3 Å². The van der Waals surface area contributed by atoms with Gasteiger partial charge in [-0.3, -0.25) is 13.9 Å². The highest BCUT2D eigenvalue weighted by molar-refractivity contribution is 7.85. The summed E-state index contributed by atoms with van der Waals surface area (Å²) in [6.45, 7) is -0.944. The van der Waals surface area contributed by atoms with E-state index in [0.717, 1.165) is 0 Å². The van der Waals surface area contributed by atoms with Crippen molar-refractivity contribution < 1.29 is 40.0 Å². The average Bonchev–Trinajstić information content (AvgIpc) is 2.06. The summed E-state index contributed by atoms with van der Waals surface area (Å²) in [5, 5.41) is 10.7. The van der Waals surface area contributed by atoms with Crippen molar-refractivity contribution in [3.8, 4) is 0 Å². The monoisotopic (exact) mass is 293 g/mol. The topological polar surface area (TPSA) is 167 Å². The zero-order chi connectivity index (χ0) is 13.7. The molecule has 17 heavy (non-hydrogen) atoms. The molecule has 0 fully saturated rings. The van der Waals surface area contributed by atoms with Gasteiger partial charge in [0.2, 0.25) is 0 Å². The highest BCUT2D eigenvalue weighted by Crippen LogP contribution is 1.92. The van der Waals surface area contributed by atoms with Crippen LogP contribution in [0.1, 0.15) is 0 Å². The summed E-state index contributed by atoms with van der Waals surface area (Å²) in [7, 11) is -9.12. The third-order valence-electron chi connectivity index (χ3n) is 1.40. The normalized spacial score (nSPS) is 14.5. The second-order valence-corrected chi connectivity index (χ2v) is 5.43. The first-order valence-corrected chi connectivity index (χ1v) is 7.02. The smallest absolute Gasteiger partial charge is 0.397 e. The van der Waals surface area contributed by atoms with Crippen LogP contribution in [0.25, 0.3) is 0 Å². The Morgan fingerprint density at radius 3 is 2.12 bits per heavy atom. The first kappa shape index (κ1) is 16.2. The van der Waals surface area contributed by atoms with Gasteiger partial charge in [0.15, 0.2) is 0 Å². The Bertz CT molecular complexity index is 452. The van der Waals surface area contributed by atoms with Gasteiger partial charge >= 0.3 is 16.4 Å². The van der Waals surface area contributed by atoms with Gasteiger partial charge in [-0.2, -0.15) is 16.8 Å². The van der Waals surface area contributed by atoms with Crippen molar-refractivity contribution in [2.75, 3.05) is 18.9 Å². The fraction of sp³-hybridized carbons (Fsp3) is 0.800. The molecule has 12 heteroatoms. The summed E-state index contributed by atoms with van der Waals surface area (Å²) >= 11 is 0. The molecule has 0 saturated carbocycles. The van der Waals surface area contributed by atoms with Crippen LogP contribution in [-0.2, 0) is 29.5 Å². The number of aliphatic carboxylic acids is 1. The van der Waals surface area contributed by atoms with Gasteiger partial charge in [0.05, 0.1) is 6.61 Å². The summed E-state index contributed by atoms with van der Waals surface area (Å²) in [4.78, 5) is 10.5. The van der Waals surface area contributed by atoms with Gasteiger partial charge in [0.1, 0.15) is 11.8 Å². The van der Waals surface area contributed by atoms with E-state index in [1.165, 1.54) is 0 Å². The quantitative estimate of drug-likeness (QED) is 0.283. The van der Waals surface area contributed by atoms with Crippen molar-refractivity contribution in [3.05, 3.63) is 0 Å².